The van der Waals surface area contributed by atoms with Gasteiger partial charge in [0.25, 0.3) is 0 Å². The second-order valence-corrected chi connectivity index (χ2v) is 6.06. The number of hydrogen-bond acceptors (Lipinski definition) is 3. The first kappa shape index (κ1) is 16.4. The number of piperidine rings is 1. The minimum absolute atomic E-state index is 0.235. The molecule has 2 atom stereocenters. The molecule has 1 aliphatic rings. The number of primary amides is 1. The van der Waals surface area contributed by atoms with Crippen LogP contribution < -0.4 is 11.1 Å². The van der Waals surface area contributed by atoms with E-state index in [1.807, 2.05) is 13.8 Å². The van der Waals surface area contributed by atoms with E-state index in [1.54, 1.807) is 0 Å². The Labute approximate surface area is 118 Å². The van der Waals surface area contributed by atoms with E-state index in [4.69, 9.17) is 5.73 Å². The first-order chi connectivity index (χ1) is 8.99. The largest absolute Gasteiger partial charge is 0.368 e. The number of amides is 1. The van der Waals surface area contributed by atoms with Crippen molar-refractivity contribution in [3.63, 3.8) is 0 Å². The van der Waals surface area contributed by atoms with Crippen molar-refractivity contribution in [1.82, 2.24) is 10.2 Å². The predicted octanol–water partition coefficient (Wildman–Crippen LogP) is 1.88. The molecule has 0 aromatic heterocycles. The Kier molecular flexibility index (Phi) is 6.80. The molecule has 1 aliphatic heterocycles. The maximum Gasteiger partial charge on any atom is 0.237 e. The Bertz CT molecular complexity index is 283. The molecule has 4 heteroatoms. The number of unbranched alkanes of at least 4 members (excludes halogenated alkanes) is 1. The van der Waals surface area contributed by atoms with Crippen LogP contribution in [0.5, 0.6) is 0 Å². The molecule has 0 aromatic carbocycles. The summed E-state index contributed by atoms with van der Waals surface area (Å²) >= 11 is 0. The summed E-state index contributed by atoms with van der Waals surface area (Å²) in [5, 5.41) is 3.22. The first-order valence-corrected chi connectivity index (χ1v) is 7.78. The molecule has 1 fully saturated rings. The molecule has 0 radical (unpaired) electrons. The van der Waals surface area contributed by atoms with Crippen LogP contribution in [0.15, 0.2) is 0 Å². The van der Waals surface area contributed by atoms with Gasteiger partial charge in [-0.3, -0.25) is 4.79 Å². The maximum atomic E-state index is 11.5. The third-order valence-corrected chi connectivity index (χ3v) is 4.42. The molecule has 2 unspecified atom stereocenters. The molecule has 0 aliphatic carbocycles. The van der Waals surface area contributed by atoms with Crippen molar-refractivity contribution in [3.05, 3.63) is 0 Å². The molecule has 1 saturated heterocycles. The number of likely N-dealkylation sites (N-methyl/N-ethyl adjacent to an activating group) is 1. The summed E-state index contributed by atoms with van der Waals surface area (Å²) in [4.78, 5) is 14.1. The van der Waals surface area contributed by atoms with Crippen LogP contribution >= 0.6 is 0 Å². The summed E-state index contributed by atoms with van der Waals surface area (Å²) in [5.41, 5.74) is 4.95. The molecule has 0 saturated carbocycles. The van der Waals surface area contributed by atoms with Crippen LogP contribution in [0.3, 0.4) is 0 Å². The number of hydrogen-bond donors (Lipinski definition) is 2. The summed E-state index contributed by atoms with van der Waals surface area (Å²) in [5.74, 6) is -0.235. The van der Waals surface area contributed by atoms with Crippen molar-refractivity contribution in [2.75, 3.05) is 19.6 Å². The number of nitrogens with two attached hydrogens (primary N) is 1. The lowest BCUT2D eigenvalue weighted by molar-refractivity contribution is -0.124. The zero-order chi connectivity index (χ0) is 14.3. The Balaban J connectivity index is 2.26. The molecule has 0 aromatic rings. The van der Waals surface area contributed by atoms with E-state index in [9.17, 15) is 4.79 Å². The fourth-order valence-corrected chi connectivity index (χ4v) is 2.97. The molecular formula is C15H31N3O. The molecule has 0 bridgehead atoms. The second-order valence-electron chi connectivity index (χ2n) is 6.06. The molecular weight excluding hydrogens is 238 g/mol. The molecule has 1 rings (SSSR count). The zero-order valence-electron chi connectivity index (χ0n) is 12.9. The minimum atomic E-state index is -0.539. The Hall–Kier alpha value is -0.610. The average Bonchev–Trinajstić information content (AvgIpc) is 2.37. The molecule has 1 amide bonds. The lowest BCUT2D eigenvalue weighted by atomic mass is 9.93. The van der Waals surface area contributed by atoms with Gasteiger partial charge >= 0.3 is 0 Å². The molecule has 0 spiro atoms. The number of rotatable bonds is 8. The van der Waals surface area contributed by atoms with Crippen molar-refractivity contribution in [1.29, 1.82) is 0 Å². The number of nitrogens with one attached hydrogen (secondary N) is 1. The molecule has 1 heterocycles. The second kappa shape index (κ2) is 7.85. The van der Waals surface area contributed by atoms with Crippen LogP contribution in [0.1, 0.15) is 59.3 Å². The Morgan fingerprint density at radius 1 is 1.42 bits per heavy atom. The monoisotopic (exact) mass is 269 g/mol. The zero-order valence-corrected chi connectivity index (χ0v) is 12.9. The van der Waals surface area contributed by atoms with Crippen LogP contribution in [0.25, 0.3) is 0 Å². The van der Waals surface area contributed by atoms with Gasteiger partial charge in [-0.25, -0.2) is 0 Å². The third kappa shape index (κ3) is 5.11. The van der Waals surface area contributed by atoms with Crippen LogP contribution in [0.4, 0.5) is 0 Å². The van der Waals surface area contributed by atoms with Crippen LogP contribution in [0.2, 0.25) is 0 Å². The van der Waals surface area contributed by atoms with Crippen molar-refractivity contribution in [2.45, 2.75) is 70.9 Å². The van der Waals surface area contributed by atoms with Gasteiger partial charge in [-0.05, 0) is 65.6 Å². The van der Waals surface area contributed by atoms with Crippen LogP contribution in [-0.4, -0.2) is 42.0 Å². The van der Waals surface area contributed by atoms with Crippen molar-refractivity contribution >= 4 is 5.91 Å². The van der Waals surface area contributed by atoms with E-state index in [-0.39, 0.29) is 5.91 Å². The topological polar surface area (TPSA) is 58.4 Å². The highest BCUT2D eigenvalue weighted by atomic mass is 16.1. The minimum Gasteiger partial charge on any atom is -0.368 e. The summed E-state index contributed by atoms with van der Waals surface area (Å²) < 4.78 is 0. The van der Waals surface area contributed by atoms with Gasteiger partial charge < -0.3 is 16.0 Å². The summed E-state index contributed by atoms with van der Waals surface area (Å²) in [6.45, 7) is 9.43. The van der Waals surface area contributed by atoms with Gasteiger partial charge in [0.05, 0.1) is 5.54 Å². The van der Waals surface area contributed by atoms with Gasteiger partial charge in [-0.1, -0.05) is 13.3 Å². The van der Waals surface area contributed by atoms with E-state index in [0.29, 0.717) is 0 Å². The molecule has 3 N–H and O–H groups in total. The first-order valence-electron chi connectivity index (χ1n) is 7.78. The highest BCUT2D eigenvalue weighted by Gasteiger charge is 2.29. The summed E-state index contributed by atoms with van der Waals surface area (Å²) in [6, 6.07) is 0.727. The predicted molar refractivity (Wildman–Crippen MR) is 80.0 cm³/mol. The Morgan fingerprint density at radius 2 is 2.16 bits per heavy atom. The van der Waals surface area contributed by atoms with Gasteiger partial charge in [0.1, 0.15) is 0 Å². The molecule has 19 heavy (non-hydrogen) atoms. The highest BCUT2D eigenvalue weighted by molar-refractivity contribution is 5.84. The van der Waals surface area contributed by atoms with Crippen molar-refractivity contribution in [2.24, 2.45) is 5.73 Å². The fraction of sp³-hybridized carbons (Fsp3) is 0.933. The SMILES string of the molecule is CCNC(C)(CCCCN1CCCCC1C)C(N)=O. The van der Waals surface area contributed by atoms with E-state index in [2.05, 4.69) is 17.1 Å². The lowest BCUT2D eigenvalue weighted by Crippen LogP contribution is -2.53. The fourth-order valence-electron chi connectivity index (χ4n) is 2.97. The van der Waals surface area contributed by atoms with Crippen molar-refractivity contribution in [3.8, 4) is 0 Å². The van der Waals surface area contributed by atoms with Gasteiger partial charge in [0.2, 0.25) is 5.91 Å². The van der Waals surface area contributed by atoms with Crippen molar-refractivity contribution < 1.29 is 4.79 Å². The lowest BCUT2D eigenvalue weighted by Gasteiger charge is -2.33. The summed E-state index contributed by atoms with van der Waals surface area (Å²) in [7, 11) is 0. The van der Waals surface area contributed by atoms with E-state index in [1.165, 1.54) is 25.8 Å². The molecule has 112 valence electrons. The van der Waals surface area contributed by atoms with E-state index >= 15 is 0 Å². The normalized spacial score (nSPS) is 24.1. The smallest absolute Gasteiger partial charge is 0.237 e. The standard InChI is InChI=1S/C15H31N3O/c1-4-17-15(3,14(16)19)10-6-8-12-18-11-7-5-9-13(18)2/h13,17H,4-12H2,1-3H3,(H2,16,19). The highest BCUT2D eigenvalue weighted by Crippen LogP contribution is 2.18. The van der Waals surface area contributed by atoms with Gasteiger partial charge in [0, 0.05) is 6.04 Å². The van der Waals surface area contributed by atoms with Gasteiger partial charge in [-0.2, -0.15) is 0 Å². The van der Waals surface area contributed by atoms with Gasteiger partial charge in [-0.15, -0.1) is 0 Å². The average molecular weight is 269 g/mol. The quantitative estimate of drug-likeness (QED) is 0.662. The number of carbonyl (C=O) groups is 1. The maximum absolute atomic E-state index is 11.5. The number of nitrogens with zero attached hydrogens (tertiary/aromatic N) is 1. The van der Waals surface area contributed by atoms with E-state index in [0.717, 1.165) is 38.4 Å². The number of carbonyl (C=O) groups excluding carboxylic acids is 1. The number of likely N-dealkylation sites (tertiary alicyclic amines) is 1. The van der Waals surface area contributed by atoms with Crippen LogP contribution in [0, 0.1) is 0 Å². The summed E-state index contributed by atoms with van der Waals surface area (Å²) in [6.07, 6.45) is 7.07. The molecule has 4 nitrogen and oxygen atoms in total. The van der Waals surface area contributed by atoms with Crippen LogP contribution in [-0.2, 0) is 4.79 Å². The van der Waals surface area contributed by atoms with Gasteiger partial charge in [0.15, 0.2) is 0 Å². The van der Waals surface area contributed by atoms with E-state index < -0.39 is 5.54 Å². The third-order valence-electron chi connectivity index (χ3n) is 4.42. The Morgan fingerprint density at radius 3 is 2.74 bits per heavy atom.